The lowest BCUT2D eigenvalue weighted by atomic mass is 10.0. The summed E-state index contributed by atoms with van der Waals surface area (Å²) in [6.07, 6.45) is -0.828. The van der Waals surface area contributed by atoms with Crippen LogP contribution < -0.4 is 11.2 Å². The number of ether oxygens (including phenoxy) is 1. The van der Waals surface area contributed by atoms with Crippen molar-refractivity contribution in [1.82, 2.24) is 5.32 Å². The van der Waals surface area contributed by atoms with Crippen LogP contribution in [-0.4, -0.2) is 24.6 Å². The summed E-state index contributed by atoms with van der Waals surface area (Å²) in [5.74, 6) is 4.15. The van der Waals surface area contributed by atoms with Crippen molar-refractivity contribution in [1.29, 1.82) is 0 Å². The number of carbonyl (C=O) groups excluding carboxylic acids is 2. The second kappa shape index (κ2) is 8.61. The molecule has 0 saturated heterocycles. The molecule has 116 valence electrons. The Morgan fingerprint density at radius 2 is 2.14 bits per heavy atom. The third-order valence-electron chi connectivity index (χ3n) is 2.82. The van der Waals surface area contributed by atoms with Crippen molar-refractivity contribution in [3.63, 3.8) is 0 Å². The van der Waals surface area contributed by atoms with Crippen LogP contribution in [0.3, 0.4) is 0 Å². The molecule has 1 rings (SSSR count). The molecule has 0 bridgehead atoms. The number of esters is 1. The Balaban J connectivity index is 2.89. The zero-order valence-electron chi connectivity index (χ0n) is 12.0. The Bertz CT molecular complexity index is 496. The molecule has 0 spiro atoms. The molecule has 0 radical (unpaired) electrons. The molecule has 1 amide bonds. The van der Waals surface area contributed by atoms with E-state index < -0.39 is 24.0 Å². The van der Waals surface area contributed by atoms with E-state index >= 15 is 0 Å². The molecule has 1 aromatic rings. The van der Waals surface area contributed by atoms with Gasteiger partial charge in [-0.3, -0.25) is 14.4 Å². The normalized spacial score (nSPS) is 13.3. The number of carbonyl (C=O) groups is 2. The van der Waals surface area contributed by atoms with Gasteiger partial charge >= 0.3 is 5.97 Å². The Labute approximate surface area is 128 Å². The first-order valence-corrected chi connectivity index (χ1v) is 6.92. The molecule has 7 heteroatoms. The summed E-state index contributed by atoms with van der Waals surface area (Å²) in [6.45, 7) is 3.50. The Morgan fingerprint density at radius 1 is 1.43 bits per heavy atom. The fourth-order valence-electron chi connectivity index (χ4n) is 1.71. The van der Waals surface area contributed by atoms with Gasteiger partial charge in [0.2, 0.25) is 0 Å². The van der Waals surface area contributed by atoms with Crippen molar-refractivity contribution in [2.75, 3.05) is 6.61 Å². The topological polar surface area (TPSA) is 90.6 Å². The summed E-state index contributed by atoms with van der Waals surface area (Å²) in [6, 6.07) is 6.34. The first kappa shape index (κ1) is 17.4. The lowest BCUT2D eigenvalue weighted by Crippen LogP contribution is -2.39. The van der Waals surface area contributed by atoms with E-state index in [1.807, 2.05) is 0 Å². The van der Waals surface area contributed by atoms with Crippen LogP contribution in [0.15, 0.2) is 24.3 Å². The molecular weight excluding hydrogens is 296 g/mol. The Kier molecular flexibility index (Phi) is 7.14. The quantitative estimate of drug-likeness (QED) is 0.591. The van der Waals surface area contributed by atoms with E-state index in [4.69, 9.17) is 22.2 Å². The highest BCUT2D eigenvalue weighted by Gasteiger charge is 2.22. The highest BCUT2D eigenvalue weighted by Crippen LogP contribution is 2.21. The van der Waals surface area contributed by atoms with E-state index in [1.54, 1.807) is 31.2 Å². The standard InChI is InChI=1S/C14H19ClN2O4/c1-3-20-13(18)8-12(17-14(19)9(2)21-16)10-5-4-6-11(15)7-10/h4-7,9,12H,3,8,16H2,1-2H3,(H,17,19). The highest BCUT2D eigenvalue weighted by molar-refractivity contribution is 6.30. The first-order valence-electron chi connectivity index (χ1n) is 6.55. The summed E-state index contributed by atoms with van der Waals surface area (Å²) in [7, 11) is 0. The van der Waals surface area contributed by atoms with E-state index in [0.717, 1.165) is 0 Å². The first-order chi connectivity index (χ1) is 9.97. The summed E-state index contributed by atoms with van der Waals surface area (Å²) >= 11 is 5.94. The lowest BCUT2D eigenvalue weighted by molar-refractivity contribution is -0.144. The monoisotopic (exact) mass is 314 g/mol. The molecule has 0 aliphatic heterocycles. The predicted octanol–water partition coefficient (Wildman–Crippen LogP) is 1.73. The molecule has 2 atom stereocenters. The van der Waals surface area contributed by atoms with Crippen molar-refractivity contribution in [3.05, 3.63) is 34.9 Å². The van der Waals surface area contributed by atoms with Crippen LogP contribution in [-0.2, 0) is 19.2 Å². The fraction of sp³-hybridized carbons (Fsp3) is 0.429. The van der Waals surface area contributed by atoms with E-state index in [9.17, 15) is 9.59 Å². The van der Waals surface area contributed by atoms with Gasteiger partial charge in [0.05, 0.1) is 19.1 Å². The van der Waals surface area contributed by atoms with Crippen LogP contribution in [0.5, 0.6) is 0 Å². The number of halogens is 1. The third kappa shape index (κ3) is 5.71. The van der Waals surface area contributed by atoms with Gasteiger partial charge in [0.25, 0.3) is 5.91 Å². The Morgan fingerprint density at radius 3 is 2.71 bits per heavy atom. The second-order valence-corrected chi connectivity index (χ2v) is 4.84. The van der Waals surface area contributed by atoms with Gasteiger partial charge in [-0.05, 0) is 31.5 Å². The average Bonchev–Trinajstić information content (AvgIpc) is 2.45. The number of nitrogens with two attached hydrogens (primary N) is 1. The Hall–Kier alpha value is -1.63. The summed E-state index contributed by atoms with van der Waals surface area (Å²) in [5, 5.41) is 3.21. The number of hydrogen-bond donors (Lipinski definition) is 2. The van der Waals surface area contributed by atoms with Crippen molar-refractivity contribution < 1.29 is 19.2 Å². The van der Waals surface area contributed by atoms with Gasteiger partial charge in [-0.2, -0.15) is 0 Å². The van der Waals surface area contributed by atoms with E-state index in [-0.39, 0.29) is 13.0 Å². The number of amides is 1. The maximum absolute atomic E-state index is 11.9. The van der Waals surface area contributed by atoms with E-state index in [2.05, 4.69) is 10.2 Å². The van der Waals surface area contributed by atoms with Crippen LogP contribution in [0, 0.1) is 0 Å². The fourth-order valence-corrected chi connectivity index (χ4v) is 1.91. The van der Waals surface area contributed by atoms with Gasteiger partial charge in [0.1, 0.15) is 0 Å². The summed E-state index contributed by atoms with van der Waals surface area (Å²) < 4.78 is 4.91. The summed E-state index contributed by atoms with van der Waals surface area (Å²) in [4.78, 5) is 28.0. The number of rotatable bonds is 7. The van der Waals surface area contributed by atoms with Crippen molar-refractivity contribution in [2.24, 2.45) is 5.90 Å². The molecule has 0 aliphatic carbocycles. The number of benzene rings is 1. The SMILES string of the molecule is CCOC(=O)CC(NC(=O)C(C)ON)c1cccc(Cl)c1. The van der Waals surface area contributed by atoms with Crippen molar-refractivity contribution >= 4 is 23.5 Å². The van der Waals surface area contributed by atoms with Crippen LogP contribution in [0.4, 0.5) is 0 Å². The molecule has 0 aliphatic rings. The van der Waals surface area contributed by atoms with Gasteiger partial charge in [-0.15, -0.1) is 0 Å². The molecule has 0 aromatic heterocycles. The van der Waals surface area contributed by atoms with Crippen LogP contribution in [0.1, 0.15) is 31.9 Å². The molecule has 0 fully saturated rings. The molecule has 6 nitrogen and oxygen atoms in total. The molecule has 0 heterocycles. The minimum absolute atomic E-state index is 0.00276. The largest absolute Gasteiger partial charge is 0.466 e. The maximum atomic E-state index is 11.9. The predicted molar refractivity (Wildman–Crippen MR) is 78.3 cm³/mol. The molecule has 21 heavy (non-hydrogen) atoms. The molecule has 2 unspecified atom stereocenters. The third-order valence-corrected chi connectivity index (χ3v) is 3.05. The summed E-state index contributed by atoms with van der Waals surface area (Å²) in [5.41, 5.74) is 0.702. The zero-order chi connectivity index (χ0) is 15.8. The van der Waals surface area contributed by atoms with Crippen molar-refractivity contribution in [3.8, 4) is 0 Å². The van der Waals surface area contributed by atoms with Gasteiger partial charge in [0, 0.05) is 5.02 Å². The minimum atomic E-state index is -0.825. The van der Waals surface area contributed by atoms with Gasteiger partial charge in [-0.1, -0.05) is 23.7 Å². The smallest absolute Gasteiger partial charge is 0.308 e. The molecular formula is C14H19ClN2O4. The van der Waals surface area contributed by atoms with Gasteiger partial charge < -0.3 is 10.1 Å². The highest BCUT2D eigenvalue weighted by atomic mass is 35.5. The number of nitrogens with one attached hydrogen (secondary N) is 1. The minimum Gasteiger partial charge on any atom is -0.466 e. The van der Waals surface area contributed by atoms with E-state index in [0.29, 0.717) is 10.6 Å². The number of hydrogen-bond acceptors (Lipinski definition) is 5. The molecule has 0 saturated carbocycles. The second-order valence-electron chi connectivity index (χ2n) is 4.40. The average molecular weight is 315 g/mol. The van der Waals surface area contributed by atoms with E-state index in [1.165, 1.54) is 6.92 Å². The van der Waals surface area contributed by atoms with Gasteiger partial charge in [-0.25, -0.2) is 5.90 Å². The lowest BCUT2D eigenvalue weighted by Gasteiger charge is -2.20. The zero-order valence-corrected chi connectivity index (χ0v) is 12.7. The van der Waals surface area contributed by atoms with Crippen LogP contribution >= 0.6 is 11.6 Å². The maximum Gasteiger partial charge on any atom is 0.308 e. The van der Waals surface area contributed by atoms with Crippen LogP contribution in [0.2, 0.25) is 5.02 Å². The van der Waals surface area contributed by atoms with Gasteiger partial charge in [0.15, 0.2) is 6.10 Å². The van der Waals surface area contributed by atoms with Crippen LogP contribution in [0.25, 0.3) is 0 Å². The molecule has 3 N–H and O–H groups in total. The van der Waals surface area contributed by atoms with Crippen molar-refractivity contribution in [2.45, 2.75) is 32.4 Å². The molecule has 1 aromatic carbocycles.